The molecule has 4 aromatic rings. The van der Waals surface area contributed by atoms with Crippen molar-refractivity contribution in [3.8, 4) is 23.0 Å². The van der Waals surface area contributed by atoms with Crippen molar-refractivity contribution in [2.75, 3.05) is 58.9 Å². The maximum absolute atomic E-state index is 7.06. The zero-order chi connectivity index (χ0) is 44.4. The Bertz CT molecular complexity index is 2140. The van der Waals surface area contributed by atoms with E-state index in [0.717, 1.165) is 85.4 Å². The summed E-state index contributed by atoms with van der Waals surface area (Å²) in [5.41, 5.74) is 8.19. The summed E-state index contributed by atoms with van der Waals surface area (Å²) in [6.45, 7) is 24.6. The molecular weight excluding hydrogens is 819 g/mol. The molecule has 0 bridgehead atoms. The van der Waals surface area contributed by atoms with Gasteiger partial charge in [0.1, 0.15) is 6.54 Å². The van der Waals surface area contributed by atoms with E-state index < -0.39 is 30.3 Å². The third-order valence-electron chi connectivity index (χ3n) is 12.0. The number of quaternary nitrogens is 1. The van der Waals surface area contributed by atoms with Gasteiger partial charge in [0.25, 0.3) is 0 Å². The molecule has 0 radical (unpaired) electrons. The van der Waals surface area contributed by atoms with Crippen molar-refractivity contribution in [3.63, 3.8) is 0 Å². The Balaban J connectivity index is 1.45. The number of unbranched alkanes of at least 4 members (excludes halogenated alkanes) is 1. The molecule has 0 atom stereocenters. The number of aliphatic imine (C=N–C) groups is 4. The Morgan fingerprint density at radius 1 is 0.524 bits per heavy atom. The van der Waals surface area contributed by atoms with Gasteiger partial charge in [0.05, 0.1) is 68.8 Å². The molecule has 13 heteroatoms. The fourth-order valence-corrected chi connectivity index (χ4v) is 11.2. The SMILES string of the molecule is CCCC[N+](CC)(CC)Cc1ccc2c(c1)C=NCCN=Cc1cc(CN(CC)CC)ccc1[O][Al]([O][Al]1[O]c3ccc(CC)cc3C=NCCN=Cc3cc(CC)ccc3[O]1)[O]2. The second kappa shape index (κ2) is 24.7. The lowest BCUT2D eigenvalue weighted by molar-refractivity contribution is -0.938. The zero-order valence-electron chi connectivity index (χ0n) is 38.7. The Kier molecular flexibility index (Phi) is 18.9. The fourth-order valence-electron chi connectivity index (χ4n) is 7.84. The van der Waals surface area contributed by atoms with E-state index in [1.165, 1.54) is 35.1 Å². The van der Waals surface area contributed by atoms with Crippen molar-refractivity contribution in [2.24, 2.45) is 20.0 Å². The number of nitrogens with zero attached hydrogens (tertiary/aromatic N) is 6. The van der Waals surface area contributed by atoms with E-state index in [-0.39, 0.29) is 0 Å². The van der Waals surface area contributed by atoms with Gasteiger partial charge in [-0.05, 0) is 117 Å². The molecule has 0 saturated heterocycles. The summed E-state index contributed by atoms with van der Waals surface area (Å²) in [6.07, 6.45) is 11.7. The molecule has 0 N–H and O–H groups in total. The quantitative estimate of drug-likeness (QED) is 0.0873. The Hall–Kier alpha value is -4.30. The molecule has 0 spiro atoms. The Labute approximate surface area is 386 Å². The maximum Gasteiger partial charge on any atom is 1.07 e. The minimum Gasteiger partial charge on any atom is -0.589 e. The van der Waals surface area contributed by atoms with Gasteiger partial charge in [0.2, 0.25) is 0 Å². The molecule has 0 aliphatic carbocycles. The molecule has 332 valence electrons. The summed E-state index contributed by atoms with van der Waals surface area (Å²) >= 11 is -6.43. The summed E-state index contributed by atoms with van der Waals surface area (Å²) in [5, 5.41) is 0. The topological polar surface area (TPSA) is 98.8 Å². The molecule has 0 unspecified atom stereocenters. The molecule has 11 nitrogen and oxygen atoms in total. The van der Waals surface area contributed by atoms with Crippen LogP contribution >= 0.6 is 0 Å². The van der Waals surface area contributed by atoms with Crippen LogP contribution in [0.25, 0.3) is 0 Å². The van der Waals surface area contributed by atoms with Crippen LogP contribution in [-0.4, -0.2) is 123 Å². The molecule has 2 aliphatic rings. The third kappa shape index (κ3) is 13.8. The maximum atomic E-state index is 7.06. The molecule has 2 heterocycles. The first-order chi connectivity index (χ1) is 30.8. The molecule has 0 saturated carbocycles. The standard InChI is InChI=1S/C30H46N4O2.C20H24N2O2.2Al.O/c1-6-11-18-34(9-4,10-5)24-26-13-15-30(36)28(20-26)22-32-17-16-31-21-27-19-25(12-14-29(27)35)23-33(7-2)8-3;1-3-15-5-7-19(23)17(11-15)13-21-9-10-22-14-18-12-16(4-2)6-8-20(18)24;;;/h12-15,19-22H,6-11,16-18,23-24H2,1-5H3,(H-,31,32,35,36);5-8,11-14,23-24H,3-4,9-10H2,1-2H3;;;/q;;2*+2;/p-3. The highest BCUT2D eigenvalue weighted by Crippen LogP contribution is 2.29. The molecule has 0 aromatic heterocycles. The Morgan fingerprint density at radius 2 is 0.905 bits per heavy atom. The van der Waals surface area contributed by atoms with E-state index in [1.54, 1.807) is 0 Å². The molecule has 4 aromatic carbocycles. The van der Waals surface area contributed by atoms with Crippen molar-refractivity contribution in [2.45, 2.75) is 87.2 Å². The number of hydrogen-bond donors (Lipinski definition) is 0. The normalized spacial score (nSPS) is 14.5. The van der Waals surface area contributed by atoms with Crippen LogP contribution in [0.4, 0.5) is 0 Å². The number of hydrogen-bond acceptors (Lipinski definition) is 10. The molecule has 2 aliphatic heterocycles. The summed E-state index contributed by atoms with van der Waals surface area (Å²) in [6, 6.07) is 25.1. The number of rotatable bonds is 15. The summed E-state index contributed by atoms with van der Waals surface area (Å²) < 4.78 is 35.8. The monoisotopic (exact) mass is 885 g/mol. The fraction of sp³-hybridized carbons (Fsp3) is 0.440. The first-order valence-corrected chi connectivity index (χ1v) is 26.0. The average Bonchev–Trinajstić information content (AvgIpc) is 3.33. The van der Waals surface area contributed by atoms with Gasteiger partial charge in [-0.15, -0.1) is 0 Å². The van der Waals surface area contributed by atoms with Gasteiger partial charge in [-0.1, -0.05) is 59.2 Å². The van der Waals surface area contributed by atoms with Crippen molar-refractivity contribution in [1.29, 1.82) is 0 Å². The first-order valence-electron chi connectivity index (χ1n) is 23.2. The van der Waals surface area contributed by atoms with E-state index in [9.17, 15) is 0 Å². The minimum atomic E-state index is -3.23. The van der Waals surface area contributed by atoms with E-state index in [2.05, 4.69) is 108 Å². The predicted octanol–water partition coefficient (Wildman–Crippen LogP) is 9.11. The summed E-state index contributed by atoms with van der Waals surface area (Å²) in [7, 11) is 0. The van der Waals surface area contributed by atoms with Gasteiger partial charge in [-0.25, -0.2) is 0 Å². The van der Waals surface area contributed by atoms with Gasteiger partial charge in [-0.3, -0.25) is 24.9 Å². The van der Waals surface area contributed by atoms with Crippen LogP contribution in [0.5, 0.6) is 23.0 Å². The van der Waals surface area contributed by atoms with Crippen LogP contribution in [0.1, 0.15) is 106 Å². The molecule has 63 heavy (non-hydrogen) atoms. The van der Waals surface area contributed by atoms with Crippen LogP contribution in [0, 0.1) is 0 Å². The molecule has 0 amide bonds. The Morgan fingerprint density at radius 3 is 1.29 bits per heavy atom. The second-order valence-electron chi connectivity index (χ2n) is 16.2. The lowest BCUT2D eigenvalue weighted by atomic mass is 10.1. The van der Waals surface area contributed by atoms with Gasteiger partial charge in [0, 0.05) is 59.2 Å². The number of benzene rings is 4. The molecule has 0 fully saturated rings. The minimum absolute atomic E-state index is 0.535. The average molecular weight is 886 g/mol. The summed E-state index contributed by atoms with van der Waals surface area (Å²) in [5.74, 6) is 2.51. The lowest BCUT2D eigenvalue weighted by Gasteiger charge is -2.37. The van der Waals surface area contributed by atoms with E-state index in [1.807, 2.05) is 43.1 Å². The predicted molar refractivity (Wildman–Crippen MR) is 261 cm³/mol. The second-order valence-corrected chi connectivity index (χ2v) is 19.4. The van der Waals surface area contributed by atoms with Crippen molar-refractivity contribution >= 4 is 55.2 Å². The van der Waals surface area contributed by atoms with E-state index in [4.69, 9.17) is 38.0 Å². The third-order valence-corrected chi connectivity index (χ3v) is 15.6. The highest BCUT2D eigenvalue weighted by atomic mass is 27.3. The van der Waals surface area contributed by atoms with E-state index in [0.29, 0.717) is 49.2 Å². The highest BCUT2D eigenvalue weighted by Gasteiger charge is 2.54. The van der Waals surface area contributed by atoms with Gasteiger partial charge < -0.3 is 22.5 Å². The van der Waals surface area contributed by atoms with E-state index >= 15 is 0 Å². The molecular formula is C50H67Al2N6O5+. The van der Waals surface area contributed by atoms with Crippen LogP contribution in [0.2, 0.25) is 0 Å². The zero-order valence-corrected chi connectivity index (χ0v) is 41.0. The van der Waals surface area contributed by atoms with Crippen molar-refractivity contribution in [1.82, 2.24) is 4.90 Å². The van der Waals surface area contributed by atoms with Crippen LogP contribution in [-0.2, 0) is 28.8 Å². The number of aryl methyl sites for hydroxylation is 2. The van der Waals surface area contributed by atoms with Gasteiger partial charge in [0.15, 0.2) is 0 Å². The van der Waals surface area contributed by atoms with Crippen LogP contribution in [0.15, 0.2) is 92.8 Å². The van der Waals surface area contributed by atoms with Crippen molar-refractivity contribution in [3.05, 3.63) is 117 Å². The number of fused-ring (bicyclic) bond motifs is 4. The van der Waals surface area contributed by atoms with Crippen molar-refractivity contribution < 1.29 is 22.5 Å². The largest absolute Gasteiger partial charge is 1.07 e. The van der Waals surface area contributed by atoms with Crippen LogP contribution < -0.4 is 15.2 Å². The lowest BCUT2D eigenvalue weighted by Crippen LogP contribution is -2.47. The smallest absolute Gasteiger partial charge is 0.589 e. The molecule has 6 rings (SSSR count). The summed E-state index contributed by atoms with van der Waals surface area (Å²) in [4.78, 5) is 21.5. The van der Waals surface area contributed by atoms with Gasteiger partial charge in [-0.2, -0.15) is 0 Å². The van der Waals surface area contributed by atoms with Gasteiger partial charge >= 0.3 is 30.3 Å². The first kappa shape index (κ1) is 48.2. The van der Waals surface area contributed by atoms with Crippen LogP contribution in [0.3, 0.4) is 0 Å². The highest BCUT2D eigenvalue weighted by molar-refractivity contribution is 6.54.